The first-order chi connectivity index (χ1) is 13.6. The molecule has 2 aromatic heterocycles. The van der Waals surface area contributed by atoms with Gasteiger partial charge in [0.25, 0.3) is 5.91 Å². The van der Waals surface area contributed by atoms with E-state index >= 15 is 0 Å². The van der Waals surface area contributed by atoms with Crippen LogP contribution < -0.4 is 5.32 Å². The fourth-order valence-electron chi connectivity index (χ4n) is 3.40. The van der Waals surface area contributed by atoms with Gasteiger partial charge in [0.1, 0.15) is 11.4 Å². The second kappa shape index (κ2) is 7.93. The summed E-state index contributed by atoms with van der Waals surface area (Å²) in [7, 11) is 0. The predicted octanol–water partition coefficient (Wildman–Crippen LogP) is 2.59. The molecule has 0 bridgehead atoms. The molecular weight excluding hydrogens is 358 g/mol. The van der Waals surface area contributed by atoms with Crippen LogP contribution in [-0.2, 0) is 6.54 Å². The molecule has 1 aromatic carbocycles. The molecule has 2 N–H and O–H groups in total. The van der Waals surface area contributed by atoms with Crippen molar-refractivity contribution in [3.05, 3.63) is 54.0 Å². The Balaban J connectivity index is 1.22. The molecule has 1 aliphatic rings. The number of aliphatic hydroxyl groups is 1. The summed E-state index contributed by atoms with van der Waals surface area (Å²) in [6.45, 7) is 2.43. The van der Waals surface area contributed by atoms with Crippen molar-refractivity contribution in [2.24, 2.45) is 5.92 Å². The van der Waals surface area contributed by atoms with Crippen LogP contribution in [0.25, 0.3) is 11.3 Å². The predicted molar refractivity (Wildman–Crippen MR) is 101 cm³/mol. The molecule has 0 unspecified atom stereocenters. The first-order valence-corrected chi connectivity index (χ1v) is 9.49. The molecule has 146 valence electrons. The maximum Gasteiger partial charge on any atom is 0.290 e. The van der Waals surface area contributed by atoms with E-state index in [4.69, 9.17) is 4.52 Å². The van der Waals surface area contributed by atoms with Gasteiger partial charge in [0.05, 0.1) is 12.3 Å². The molecular formula is C20H23N5O3. The van der Waals surface area contributed by atoms with Crippen LogP contribution in [0.15, 0.2) is 47.1 Å². The second-order valence-corrected chi connectivity index (χ2v) is 7.32. The van der Waals surface area contributed by atoms with Crippen molar-refractivity contribution in [1.29, 1.82) is 0 Å². The van der Waals surface area contributed by atoms with Crippen LogP contribution in [0.2, 0.25) is 0 Å². The zero-order chi connectivity index (χ0) is 19.5. The highest BCUT2D eigenvalue weighted by Gasteiger charge is 2.31. The Bertz CT molecular complexity index is 928. The highest BCUT2D eigenvalue weighted by molar-refractivity contribution is 5.92. The Hall–Kier alpha value is -3.00. The van der Waals surface area contributed by atoms with Crippen molar-refractivity contribution in [1.82, 2.24) is 25.5 Å². The number of rotatable bonds is 7. The van der Waals surface area contributed by atoms with E-state index in [2.05, 4.69) is 20.8 Å². The normalized spacial score (nSPS) is 19.8. The van der Waals surface area contributed by atoms with Gasteiger partial charge in [-0.1, -0.05) is 40.7 Å². The molecule has 0 radical (unpaired) electrons. The van der Waals surface area contributed by atoms with Crippen LogP contribution in [0.1, 0.15) is 48.5 Å². The van der Waals surface area contributed by atoms with Gasteiger partial charge in [-0.25, -0.2) is 0 Å². The second-order valence-electron chi connectivity index (χ2n) is 7.32. The average Bonchev–Trinajstić information content (AvgIpc) is 3.33. The summed E-state index contributed by atoms with van der Waals surface area (Å²) >= 11 is 0. The third-order valence-corrected chi connectivity index (χ3v) is 5.13. The highest BCUT2D eigenvalue weighted by atomic mass is 16.5. The fourth-order valence-corrected chi connectivity index (χ4v) is 3.40. The molecule has 1 atom stereocenters. The van der Waals surface area contributed by atoms with Crippen LogP contribution in [0.4, 0.5) is 0 Å². The molecule has 0 saturated heterocycles. The lowest BCUT2D eigenvalue weighted by molar-refractivity contribution is 0.0846. The number of aromatic nitrogens is 4. The zero-order valence-electron chi connectivity index (χ0n) is 15.7. The number of nitrogens with zero attached hydrogens (tertiary/aromatic N) is 4. The van der Waals surface area contributed by atoms with Gasteiger partial charge in [-0.3, -0.25) is 9.48 Å². The van der Waals surface area contributed by atoms with Gasteiger partial charge in [0.15, 0.2) is 0 Å². The number of nitrogens with one attached hydrogen (secondary N) is 1. The van der Waals surface area contributed by atoms with E-state index in [0.717, 1.165) is 31.4 Å². The molecule has 0 spiro atoms. The molecule has 28 heavy (non-hydrogen) atoms. The summed E-state index contributed by atoms with van der Waals surface area (Å²) in [5.74, 6) is 0.547. The van der Waals surface area contributed by atoms with Gasteiger partial charge in [-0.05, 0) is 32.1 Å². The van der Waals surface area contributed by atoms with Crippen LogP contribution in [-0.4, -0.2) is 37.2 Å². The number of aliphatic hydroxyl groups excluding tert-OH is 1. The van der Waals surface area contributed by atoms with E-state index in [0.29, 0.717) is 17.3 Å². The maximum atomic E-state index is 12.4. The molecule has 0 aliphatic heterocycles. The summed E-state index contributed by atoms with van der Waals surface area (Å²) in [4.78, 5) is 12.4. The highest BCUT2D eigenvalue weighted by Crippen LogP contribution is 2.31. The number of amides is 1. The molecule has 8 nitrogen and oxygen atoms in total. The van der Waals surface area contributed by atoms with E-state index in [1.165, 1.54) is 0 Å². The Morgan fingerprint density at radius 3 is 2.86 bits per heavy atom. The lowest BCUT2D eigenvalue weighted by Gasteiger charge is -2.35. The van der Waals surface area contributed by atoms with Crippen molar-refractivity contribution in [2.45, 2.75) is 44.9 Å². The lowest BCUT2D eigenvalue weighted by Crippen LogP contribution is -2.44. The smallest absolute Gasteiger partial charge is 0.290 e. The van der Waals surface area contributed by atoms with Gasteiger partial charge < -0.3 is 14.9 Å². The van der Waals surface area contributed by atoms with Crippen molar-refractivity contribution in [3.8, 4) is 11.3 Å². The van der Waals surface area contributed by atoms with Crippen molar-refractivity contribution < 1.29 is 14.4 Å². The van der Waals surface area contributed by atoms with E-state index in [-0.39, 0.29) is 17.7 Å². The van der Waals surface area contributed by atoms with E-state index < -0.39 is 6.10 Å². The number of hydrogen-bond donors (Lipinski definition) is 2. The number of carbonyl (C=O) groups excluding carboxylic acids is 1. The Morgan fingerprint density at radius 1 is 1.36 bits per heavy atom. The number of carbonyl (C=O) groups is 1. The minimum Gasteiger partial charge on any atom is -0.387 e. The zero-order valence-corrected chi connectivity index (χ0v) is 15.7. The number of benzene rings is 1. The van der Waals surface area contributed by atoms with Crippen LogP contribution in [0.3, 0.4) is 0 Å². The van der Waals surface area contributed by atoms with Gasteiger partial charge in [0, 0.05) is 24.2 Å². The van der Waals surface area contributed by atoms with Crippen LogP contribution in [0, 0.1) is 5.92 Å². The van der Waals surface area contributed by atoms with Crippen LogP contribution >= 0.6 is 0 Å². The van der Waals surface area contributed by atoms with Crippen molar-refractivity contribution in [3.63, 3.8) is 0 Å². The van der Waals surface area contributed by atoms with E-state index in [9.17, 15) is 9.90 Å². The first-order valence-electron chi connectivity index (χ1n) is 9.49. The summed E-state index contributed by atoms with van der Waals surface area (Å²) in [6.07, 6.45) is 4.01. The Labute approximate surface area is 162 Å². The number of hydrogen-bond acceptors (Lipinski definition) is 6. The largest absolute Gasteiger partial charge is 0.387 e. The van der Waals surface area contributed by atoms with E-state index in [1.807, 2.05) is 30.3 Å². The molecule has 3 aromatic rings. The lowest BCUT2D eigenvalue weighted by atomic mass is 9.78. The monoisotopic (exact) mass is 381 g/mol. The minimum absolute atomic E-state index is 0.159. The molecule has 4 rings (SSSR count). The van der Waals surface area contributed by atoms with E-state index in [1.54, 1.807) is 23.9 Å². The van der Waals surface area contributed by atoms with Crippen molar-refractivity contribution >= 4 is 5.91 Å². The van der Waals surface area contributed by atoms with Gasteiger partial charge in [-0.2, -0.15) is 0 Å². The van der Waals surface area contributed by atoms with Gasteiger partial charge in [-0.15, -0.1) is 5.10 Å². The number of aryl methyl sites for hydroxylation is 1. The molecule has 2 heterocycles. The van der Waals surface area contributed by atoms with Crippen molar-refractivity contribution in [2.75, 3.05) is 0 Å². The molecule has 1 saturated carbocycles. The minimum atomic E-state index is -0.601. The van der Waals surface area contributed by atoms with Gasteiger partial charge >= 0.3 is 0 Å². The Kier molecular flexibility index (Phi) is 5.21. The molecule has 1 aliphatic carbocycles. The molecule has 1 amide bonds. The van der Waals surface area contributed by atoms with Gasteiger partial charge in [0.2, 0.25) is 5.76 Å². The summed E-state index contributed by atoms with van der Waals surface area (Å²) in [6, 6.07) is 11.5. The SMILES string of the molecule is C[C@@H](O)c1cn(CCC2CC(NC(=O)c3cc(-c4ccccc4)no3)C2)nn1. The third-order valence-electron chi connectivity index (χ3n) is 5.13. The Morgan fingerprint density at radius 2 is 2.14 bits per heavy atom. The topological polar surface area (TPSA) is 106 Å². The summed E-state index contributed by atoms with van der Waals surface area (Å²) in [5.41, 5.74) is 2.16. The quantitative estimate of drug-likeness (QED) is 0.652. The fraction of sp³-hybridized carbons (Fsp3) is 0.400. The average molecular weight is 381 g/mol. The first kappa shape index (κ1) is 18.4. The molecule has 1 fully saturated rings. The third kappa shape index (κ3) is 4.12. The summed E-state index contributed by atoms with van der Waals surface area (Å²) < 4.78 is 6.96. The standard InChI is InChI=1S/C20H23N5O3/c1-13(26)18-12-25(24-22-18)8-7-14-9-16(10-14)21-20(27)19-11-17(23-28-19)15-5-3-2-4-6-15/h2-6,11-14,16,26H,7-10H2,1H3,(H,21,27)/t13-,14?,16?/m1/s1. The maximum absolute atomic E-state index is 12.4. The van der Waals surface area contributed by atoms with Crippen LogP contribution in [0.5, 0.6) is 0 Å². The molecule has 8 heteroatoms. The summed E-state index contributed by atoms with van der Waals surface area (Å²) in [5, 5.41) is 24.4.